The van der Waals surface area contributed by atoms with Crippen molar-refractivity contribution in [2.45, 2.75) is 12.1 Å². The summed E-state index contributed by atoms with van der Waals surface area (Å²) in [4.78, 5) is 34.0. The number of hydroxylamine groups is 1. The highest BCUT2D eigenvalue weighted by Gasteiger charge is 2.60. The fraction of sp³-hybridized carbons (Fsp3) is 0.130. The van der Waals surface area contributed by atoms with Crippen LogP contribution in [0.3, 0.4) is 0 Å². The molecule has 2 fully saturated rings. The minimum atomic E-state index is -0.972. The summed E-state index contributed by atoms with van der Waals surface area (Å²) in [6.07, 6.45) is -0.972. The Bertz CT molecular complexity index is 1170. The Kier molecular flexibility index (Phi) is 5.15. The van der Waals surface area contributed by atoms with Gasteiger partial charge in [-0.3, -0.25) is 14.4 Å². The average Bonchev–Trinajstić information content (AvgIpc) is 3.26. The van der Waals surface area contributed by atoms with Gasteiger partial charge in [-0.1, -0.05) is 59.1 Å². The van der Waals surface area contributed by atoms with Gasteiger partial charge in [0, 0.05) is 15.1 Å². The smallest absolute Gasteiger partial charge is 0.266 e. The van der Waals surface area contributed by atoms with Crippen molar-refractivity contribution in [3.63, 3.8) is 0 Å². The van der Waals surface area contributed by atoms with Crippen molar-refractivity contribution in [2.24, 2.45) is 5.92 Å². The minimum Gasteiger partial charge on any atom is -0.273 e. The number of amides is 2. The fourth-order valence-corrected chi connectivity index (χ4v) is 4.76. The highest BCUT2D eigenvalue weighted by atomic mass is 35.5. The van der Waals surface area contributed by atoms with Gasteiger partial charge in [0.1, 0.15) is 5.92 Å². The van der Waals surface area contributed by atoms with E-state index in [2.05, 4.69) is 0 Å². The third-order valence-corrected chi connectivity index (χ3v) is 6.31. The second kappa shape index (κ2) is 7.84. The molecule has 0 aliphatic carbocycles. The Morgan fingerprint density at radius 3 is 2.10 bits per heavy atom. The summed E-state index contributed by atoms with van der Waals surface area (Å²) in [5.41, 5.74) is 1.82. The SMILES string of the molecule is O=C1[C@H]2[C@H](ON(c3ccccc3)[C@H]2c2ccc(Cl)cc2Cl)C(=O)N1c1ccc(Cl)cc1. The van der Waals surface area contributed by atoms with Crippen LogP contribution >= 0.6 is 34.8 Å². The standard InChI is InChI=1S/C23H15Cl3N2O3/c24-13-6-9-15(10-7-13)27-22(29)19-20(17-11-8-14(25)12-18(17)26)28(31-21(19)23(27)30)16-4-2-1-3-5-16/h1-12,19-21H/t19-,20+,21+/m1/s1. The van der Waals surface area contributed by atoms with Gasteiger partial charge in [0.25, 0.3) is 5.91 Å². The number of imide groups is 1. The normalized spacial score (nSPS) is 22.9. The number of benzene rings is 3. The van der Waals surface area contributed by atoms with Gasteiger partial charge in [-0.15, -0.1) is 0 Å². The predicted octanol–water partition coefficient (Wildman–Crippen LogP) is 5.70. The highest BCUT2D eigenvalue weighted by Crippen LogP contribution is 2.49. The van der Waals surface area contributed by atoms with Crippen LogP contribution in [-0.2, 0) is 14.4 Å². The predicted molar refractivity (Wildman–Crippen MR) is 120 cm³/mol. The van der Waals surface area contributed by atoms with E-state index in [4.69, 9.17) is 39.6 Å². The van der Waals surface area contributed by atoms with E-state index in [-0.39, 0.29) is 5.91 Å². The van der Waals surface area contributed by atoms with E-state index >= 15 is 0 Å². The molecule has 0 aromatic heterocycles. The first kappa shape index (κ1) is 20.3. The number of carbonyl (C=O) groups excluding carboxylic acids is 2. The Hall–Kier alpha value is -2.57. The third kappa shape index (κ3) is 3.38. The molecule has 8 heteroatoms. The summed E-state index contributed by atoms with van der Waals surface area (Å²) in [6, 6.07) is 20.3. The molecular formula is C23H15Cl3N2O3. The van der Waals surface area contributed by atoms with Crippen molar-refractivity contribution in [1.82, 2.24) is 0 Å². The summed E-state index contributed by atoms with van der Waals surface area (Å²) in [5.74, 6) is -1.56. The van der Waals surface area contributed by atoms with E-state index in [0.717, 1.165) is 4.90 Å². The molecule has 0 bridgehead atoms. The molecule has 2 aliphatic rings. The molecule has 3 atom stereocenters. The molecule has 0 saturated carbocycles. The van der Waals surface area contributed by atoms with Crippen molar-refractivity contribution >= 4 is 58.0 Å². The van der Waals surface area contributed by atoms with Crippen LogP contribution in [0.5, 0.6) is 0 Å². The van der Waals surface area contributed by atoms with E-state index in [1.54, 1.807) is 47.5 Å². The maximum atomic E-state index is 13.5. The highest BCUT2D eigenvalue weighted by molar-refractivity contribution is 6.35. The van der Waals surface area contributed by atoms with Crippen LogP contribution in [0.25, 0.3) is 0 Å². The number of para-hydroxylation sites is 1. The number of anilines is 2. The van der Waals surface area contributed by atoms with E-state index < -0.39 is 24.0 Å². The van der Waals surface area contributed by atoms with Crippen molar-refractivity contribution < 1.29 is 14.4 Å². The zero-order valence-electron chi connectivity index (χ0n) is 15.9. The van der Waals surface area contributed by atoms with E-state index in [9.17, 15) is 9.59 Å². The van der Waals surface area contributed by atoms with Crippen molar-refractivity contribution in [3.05, 3.63) is 93.4 Å². The Morgan fingerprint density at radius 1 is 0.742 bits per heavy atom. The summed E-state index contributed by atoms with van der Waals surface area (Å²) in [6.45, 7) is 0. The summed E-state index contributed by atoms with van der Waals surface area (Å²) in [5, 5.41) is 2.99. The van der Waals surface area contributed by atoms with Crippen LogP contribution in [-0.4, -0.2) is 17.9 Å². The van der Waals surface area contributed by atoms with Crippen LogP contribution in [0.2, 0.25) is 15.1 Å². The van der Waals surface area contributed by atoms with Gasteiger partial charge in [0.15, 0.2) is 6.10 Å². The molecule has 5 nitrogen and oxygen atoms in total. The van der Waals surface area contributed by atoms with Crippen LogP contribution < -0.4 is 9.96 Å². The monoisotopic (exact) mass is 472 g/mol. The molecule has 2 aliphatic heterocycles. The number of carbonyl (C=O) groups is 2. The molecular weight excluding hydrogens is 459 g/mol. The van der Waals surface area contributed by atoms with Gasteiger partial charge >= 0.3 is 0 Å². The first-order valence-electron chi connectivity index (χ1n) is 9.55. The van der Waals surface area contributed by atoms with Crippen LogP contribution in [0, 0.1) is 5.92 Å². The van der Waals surface area contributed by atoms with E-state index in [0.29, 0.717) is 32.0 Å². The van der Waals surface area contributed by atoms with Gasteiger partial charge in [-0.05, 0) is 54.1 Å². The largest absolute Gasteiger partial charge is 0.273 e. The number of rotatable bonds is 3. The number of nitrogens with zero attached hydrogens (tertiary/aromatic N) is 2. The Morgan fingerprint density at radius 2 is 1.42 bits per heavy atom. The molecule has 2 heterocycles. The first-order chi connectivity index (χ1) is 15.0. The lowest BCUT2D eigenvalue weighted by Gasteiger charge is -2.29. The molecule has 0 radical (unpaired) electrons. The quantitative estimate of drug-likeness (QED) is 0.458. The van der Waals surface area contributed by atoms with E-state index in [1.165, 1.54) is 0 Å². The van der Waals surface area contributed by atoms with Gasteiger partial charge in [0.05, 0.1) is 17.4 Å². The molecule has 0 spiro atoms. The maximum Gasteiger partial charge on any atom is 0.266 e. The molecule has 5 rings (SSSR count). The lowest BCUT2D eigenvalue weighted by molar-refractivity contribution is -0.126. The second-order valence-electron chi connectivity index (χ2n) is 7.31. The van der Waals surface area contributed by atoms with Crippen molar-refractivity contribution in [1.29, 1.82) is 0 Å². The van der Waals surface area contributed by atoms with Crippen LogP contribution in [0.15, 0.2) is 72.8 Å². The number of hydrogen-bond donors (Lipinski definition) is 0. The zero-order chi connectivity index (χ0) is 21.7. The first-order valence-corrected chi connectivity index (χ1v) is 10.7. The number of fused-ring (bicyclic) bond motifs is 1. The third-order valence-electron chi connectivity index (χ3n) is 5.49. The molecule has 0 N–H and O–H groups in total. The molecule has 3 aromatic carbocycles. The van der Waals surface area contributed by atoms with Crippen molar-refractivity contribution in [3.8, 4) is 0 Å². The summed E-state index contributed by atoms with van der Waals surface area (Å²) < 4.78 is 0. The second-order valence-corrected chi connectivity index (χ2v) is 8.59. The summed E-state index contributed by atoms with van der Waals surface area (Å²) in [7, 11) is 0. The van der Waals surface area contributed by atoms with E-state index in [1.807, 2.05) is 30.3 Å². The number of halogens is 3. The molecule has 156 valence electrons. The molecule has 3 aromatic rings. The Balaban J connectivity index is 1.61. The lowest BCUT2D eigenvalue weighted by atomic mass is 9.90. The Labute approximate surface area is 193 Å². The zero-order valence-corrected chi connectivity index (χ0v) is 18.2. The van der Waals surface area contributed by atoms with Gasteiger partial charge in [-0.2, -0.15) is 0 Å². The maximum absolute atomic E-state index is 13.5. The molecule has 2 amide bonds. The molecule has 2 saturated heterocycles. The molecule has 0 unspecified atom stereocenters. The van der Waals surface area contributed by atoms with Gasteiger partial charge in [-0.25, -0.2) is 9.96 Å². The summed E-state index contributed by atoms with van der Waals surface area (Å²) >= 11 is 18.6. The number of hydrogen-bond acceptors (Lipinski definition) is 4. The fourth-order valence-electron chi connectivity index (χ4n) is 4.12. The van der Waals surface area contributed by atoms with Crippen molar-refractivity contribution in [2.75, 3.05) is 9.96 Å². The topological polar surface area (TPSA) is 49.9 Å². The van der Waals surface area contributed by atoms with Crippen LogP contribution in [0.4, 0.5) is 11.4 Å². The van der Waals surface area contributed by atoms with Crippen LogP contribution in [0.1, 0.15) is 11.6 Å². The molecule has 31 heavy (non-hydrogen) atoms. The average molecular weight is 474 g/mol. The van der Waals surface area contributed by atoms with Gasteiger partial charge in [0.2, 0.25) is 5.91 Å². The minimum absolute atomic E-state index is 0.355. The van der Waals surface area contributed by atoms with Gasteiger partial charge < -0.3 is 0 Å². The lowest BCUT2D eigenvalue weighted by Crippen LogP contribution is -2.37.